The number of hydrogen-bond acceptors (Lipinski definition) is 4. The Hall–Kier alpha value is -1.38. The summed E-state index contributed by atoms with van der Waals surface area (Å²) in [5.74, 6) is 0.786. The van der Waals surface area contributed by atoms with E-state index in [2.05, 4.69) is 61.8 Å². The maximum Gasteiger partial charge on any atom is 0.142 e. The molecule has 4 heterocycles. The van der Waals surface area contributed by atoms with Crippen molar-refractivity contribution in [2.75, 3.05) is 31.1 Å². The summed E-state index contributed by atoms with van der Waals surface area (Å²) < 4.78 is 1.04. The van der Waals surface area contributed by atoms with Gasteiger partial charge in [-0.3, -0.25) is 0 Å². The van der Waals surface area contributed by atoms with Crippen molar-refractivity contribution in [1.29, 1.82) is 0 Å². The van der Waals surface area contributed by atoms with Crippen molar-refractivity contribution in [3.8, 4) is 11.4 Å². The van der Waals surface area contributed by atoms with Gasteiger partial charge in [-0.25, -0.2) is 9.97 Å². The zero-order valence-electron chi connectivity index (χ0n) is 16.6. The molecule has 1 aromatic carbocycles. The minimum Gasteiger partial charge on any atom is -0.371 e. The van der Waals surface area contributed by atoms with Crippen molar-refractivity contribution in [3.63, 3.8) is 0 Å². The summed E-state index contributed by atoms with van der Waals surface area (Å²) in [6.07, 6.45) is 6.95. The highest BCUT2D eigenvalue weighted by molar-refractivity contribution is 14.1. The van der Waals surface area contributed by atoms with E-state index in [1.165, 1.54) is 43.5 Å². The molecule has 1 atom stereocenters. The average molecular weight is 522 g/mol. The van der Waals surface area contributed by atoms with Gasteiger partial charge in [0.05, 0.1) is 16.6 Å². The zero-order chi connectivity index (χ0) is 20.0. The number of hydrogen-bond donors (Lipinski definition) is 2. The number of H-pyrrole nitrogens is 1. The lowest BCUT2D eigenvalue weighted by Gasteiger charge is -2.46. The zero-order valence-corrected chi connectivity index (χ0v) is 19.5. The average Bonchev–Trinajstić information content (AvgIpc) is 3.13. The second kappa shape index (κ2) is 7.71. The number of nitrogens with zero attached hydrogens (tertiary/aromatic N) is 3. The fourth-order valence-corrected chi connectivity index (χ4v) is 6.08. The van der Waals surface area contributed by atoms with Crippen LogP contribution < -0.4 is 10.2 Å². The van der Waals surface area contributed by atoms with Gasteiger partial charge in [-0.15, -0.1) is 0 Å². The molecule has 5 rings (SSSR count). The van der Waals surface area contributed by atoms with E-state index in [4.69, 9.17) is 16.6 Å². The fourth-order valence-electron chi connectivity index (χ4n) is 5.00. The number of nitrogens with one attached hydrogen (secondary N) is 2. The van der Waals surface area contributed by atoms with E-state index in [0.29, 0.717) is 10.6 Å². The van der Waals surface area contributed by atoms with Gasteiger partial charge in [0.1, 0.15) is 11.0 Å². The standard InChI is InChI=1S/C22H25ClIN5/c1-14-10-15(29-9-3-6-22(13-29)5-2-7-25-12-22)11-17-19(14)28-21(27-17)18-16(24)4-8-26-20(18)23/h4,8,10-11,25H,2-3,5-7,9,12-13H2,1H3,(H,27,28). The lowest BCUT2D eigenvalue weighted by Crippen LogP contribution is -2.51. The summed E-state index contributed by atoms with van der Waals surface area (Å²) in [4.78, 5) is 15.2. The van der Waals surface area contributed by atoms with Crippen molar-refractivity contribution in [1.82, 2.24) is 20.3 Å². The van der Waals surface area contributed by atoms with Gasteiger partial charge in [0, 0.05) is 40.5 Å². The number of halogens is 2. The summed E-state index contributed by atoms with van der Waals surface area (Å²) in [5.41, 5.74) is 5.85. The molecule has 0 amide bonds. The van der Waals surface area contributed by atoms with Gasteiger partial charge in [0.25, 0.3) is 0 Å². The number of imidazole rings is 1. The number of fused-ring (bicyclic) bond motifs is 1. The molecule has 2 saturated heterocycles. The number of benzene rings is 1. The first-order valence-electron chi connectivity index (χ1n) is 10.3. The van der Waals surface area contributed by atoms with E-state index in [1.54, 1.807) is 6.20 Å². The first kappa shape index (κ1) is 19.6. The molecule has 152 valence electrons. The normalized spacial score (nSPS) is 22.5. The largest absolute Gasteiger partial charge is 0.371 e. The minimum absolute atomic E-state index is 0.428. The topological polar surface area (TPSA) is 56.8 Å². The van der Waals surface area contributed by atoms with Crippen LogP contribution in [0.5, 0.6) is 0 Å². The third-order valence-electron chi connectivity index (χ3n) is 6.44. The van der Waals surface area contributed by atoms with Crippen molar-refractivity contribution in [2.24, 2.45) is 5.41 Å². The molecule has 3 aromatic rings. The van der Waals surface area contributed by atoms with Gasteiger partial charge in [-0.1, -0.05) is 11.6 Å². The predicted molar refractivity (Wildman–Crippen MR) is 128 cm³/mol. The SMILES string of the molecule is Cc1cc(N2CCCC3(CCCNC3)C2)cc2[nH]c(-c3c(I)ccnc3Cl)nc12. The molecule has 1 unspecified atom stereocenters. The van der Waals surface area contributed by atoms with Crippen LogP contribution in [0.4, 0.5) is 5.69 Å². The smallest absolute Gasteiger partial charge is 0.142 e. The Balaban J connectivity index is 1.52. The third-order valence-corrected chi connectivity index (χ3v) is 7.63. The van der Waals surface area contributed by atoms with Gasteiger partial charge in [0.15, 0.2) is 0 Å². The van der Waals surface area contributed by atoms with Crippen LogP contribution in [0.15, 0.2) is 24.4 Å². The van der Waals surface area contributed by atoms with Crippen LogP contribution in [0, 0.1) is 15.9 Å². The number of rotatable bonds is 2. The van der Waals surface area contributed by atoms with E-state index in [9.17, 15) is 0 Å². The molecule has 5 nitrogen and oxygen atoms in total. The van der Waals surface area contributed by atoms with Crippen molar-refractivity contribution >= 4 is 50.9 Å². The van der Waals surface area contributed by atoms with Gasteiger partial charge in [0.2, 0.25) is 0 Å². The van der Waals surface area contributed by atoms with Crippen LogP contribution in [0.25, 0.3) is 22.4 Å². The van der Waals surface area contributed by atoms with Crippen LogP contribution in [-0.2, 0) is 0 Å². The van der Waals surface area contributed by atoms with Crippen LogP contribution in [0.2, 0.25) is 5.15 Å². The van der Waals surface area contributed by atoms with E-state index in [-0.39, 0.29) is 0 Å². The highest BCUT2D eigenvalue weighted by Gasteiger charge is 2.36. The Morgan fingerprint density at radius 3 is 2.90 bits per heavy atom. The molecule has 2 fully saturated rings. The molecule has 7 heteroatoms. The predicted octanol–water partition coefficient (Wildman–Crippen LogP) is 5.16. The molecule has 0 aliphatic carbocycles. The second-order valence-corrected chi connectivity index (χ2v) is 10.0. The lowest BCUT2D eigenvalue weighted by atomic mass is 9.74. The Kier molecular flexibility index (Phi) is 5.20. The molecule has 0 bridgehead atoms. The molecule has 2 aliphatic heterocycles. The van der Waals surface area contributed by atoms with Gasteiger partial charge < -0.3 is 15.2 Å². The monoisotopic (exact) mass is 521 g/mol. The summed E-state index contributed by atoms with van der Waals surface area (Å²) in [6.45, 7) is 6.72. The van der Waals surface area contributed by atoms with Crippen LogP contribution >= 0.6 is 34.2 Å². The highest BCUT2D eigenvalue weighted by Crippen LogP contribution is 2.39. The molecule has 0 radical (unpaired) electrons. The maximum absolute atomic E-state index is 6.38. The summed E-state index contributed by atoms with van der Waals surface area (Å²) in [5, 5.41) is 4.11. The number of anilines is 1. The minimum atomic E-state index is 0.428. The number of piperidine rings is 2. The Morgan fingerprint density at radius 1 is 1.24 bits per heavy atom. The Morgan fingerprint density at radius 2 is 2.10 bits per heavy atom. The van der Waals surface area contributed by atoms with E-state index < -0.39 is 0 Å². The summed E-state index contributed by atoms with van der Waals surface area (Å²) >= 11 is 8.66. The molecule has 1 spiro atoms. The second-order valence-electron chi connectivity index (χ2n) is 8.51. The molecule has 2 N–H and O–H groups in total. The summed E-state index contributed by atoms with van der Waals surface area (Å²) in [6, 6.07) is 6.50. The summed E-state index contributed by atoms with van der Waals surface area (Å²) in [7, 11) is 0. The molecule has 29 heavy (non-hydrogen) atoms. The number of pyridine rings is 1. The number of aromatic amines is 1. The van der Waals surface area contributed by atoms with Crippen LogP contribution in [0.3, 0.4) is 0 Å². The highest BCUT2D eigenvalue weighted by atomic mass is 127. The third kappa shape index (κ3) is 3.64. The van der Waals surface area contributed by atoms with Crippen molar-refractivity contribution < 1.29 is 0 Å². The molecule has 2 aromatic heterocycles. The number of aryl methyl sites for hydroxylation is 1. The fraction of sp³-hybridized carbons (Fsp3) is 0.455. The first-order chi connectivity index (χ1) is 14.0. The first-order valence-corrected chi connectivity index (χ1v) is 11.8. The van der Waals surface area contributed by atoms with E-state index >= 15 is 0 Å². The van der Waals surface area contributed by atoms with E-state index in [0.717, 1.165) is 45.6 Å². The quantitative estimate of drug-likeness (QED) is 0.361. The van der Waals surface area contributed by atoms with Crippen molar-refractivity contribution in [2.45, 2.75) is 32.6 Å². The van der Waals surface area contributed by atoms with Crippen LogP contribution in [0.1, 0.15) is 31.2 Å². The van der Waals surface area contributed by atoms with Crippen molar-refractivity contribution in [3.05, 3.63) is 38.7 Å². The van der Waals surface area contributed by atoms with E-state index in [1.807, 2.05) is 6.07 Å². The van der Waals surface area contributed by atoms with Gasteiger partial charge in [-0.05, 0) is 85.5 Å². The molecular weight excluding hydrogens is 497 g/mol. The Labute approximate surface area is 189 Å². The molecule has 0 saturated carbocycles. The Bertz CT molecular complexity index is 1030. The van der Waals surface area contributed by atoms with Gasteiger partial charge in [-0.2, -0.15) is 0 Å². The number of aromatic nitrogens is 3. The molecule has 2 aliphatic rings. The molecular formula is C22H25ClIN5. The van der Waals surface area contributed by atoms with Crippen LogP contribution in [-0.4, -0.2) is 41.1 Å². The lowest BCUT2D eigenvalue weighted by molar-refractivity contribution is 0.173. The maximum atomic E-state index is 6.38. The van der Waals surface area contributed by atoms with Gasteiger partial charge >= 0.3 is 0 Å².